The maximum absolute atomic E-state index is 6.09. The SMILES string of the molecule is C=C.C=C(/C=C/SN)C1/C=C/C(Cl)=C\C(Cl)=C\CN(C)C1. The number of allylic oxidation sites excluding steroid dienone is 5. The van der Waals surface area contributed by atoms with Gasteiger partial charge in [0.15, 0.2) is 0 Å². The Morgan fingerprint density at radius 3 is 2.71 bits per heavy atom. The topological polar surface area (TPSA) is 29.3 Å². The fourth-order valence-electron chi connectivity index (χ4n) is 1.65. The first-order valence-electron chi connectivity index (χ1n) is 6.33. The maximum Gasteiger partial charge on any atom is 0.0417 e. The van der Waals surface area contributed by atoms with Crippen molar-refractivity contribution in [3.05, 3.63) is 71.2 Å². The Kier molecular flexibility index (Phi) is 11.5. The van der Waals surface area contributed by atoms with Crippen LogP contribution in [-0.4, -0.2) is 25.0 Å². The van der Waals surface area contributed by atoms with Crippen LogP contribution < -0.4 is 5.14 Å². The molecule has 1 aliphatic heterocycles. The van der Waals surface area contributed by atoms with Crippen molar-refractivity contribution >= 4 is 35.1 Å². The molecule has 1 atom stereocenters. The fraction of sp³-hybridized carbons (Fsp3) is 0.250. The minimum atomic E-state index is 0.195. The van der Waals surface area contributed by atoms with E-state index in [2.05, 4.69) is 24.6 Å². The lowest BCUT2D eigenvalue weighted by Gasteiger charge is -2.22. The Morgan fingerprint density at radius 1 is 1.43 bits per heavy atom. The summed E-state index contributed by atoms with van der Waals surface area (Å²) in [7, 11) is 2.04. The molecule has 21 heavy (non-hydrogen) atoms. The molecular weight excluding hydrogens is 323 g/mol. The highest BCUT2D eigenvalue weighted by molar-refractivity contribution is 7.99. The summed E-state index contributed by atoms with van der Waals surface area (Å²) in [4.78, 5) is 2.18. The normalized spacial score (nSPS) is 26.8. The third kappa shape index (κ3) is 9.02. The van der Waals surface area contributed by atoms with E-state index in [1.165, 1.54) is 11.9 Å². The van der Waals surface area contributed by atoms with E-state index in [1.54, 1.807) is 6.08 Å². The van der Waals surface area contributed by atoms with Crippen molar-refractivity contribution in [1.29, 1.82) is 0 Å². The molecule has 0 saturated carbocycles. The molecule has 1 rings (SSSR count). The van der Waals surface area contributed by atoms with Crippen LogP contribution in [0.3, 0.4) is 0 Å². The van der Waals surface area contributed by atoms with E-state index in [-0.39, 0.29) is 5.92 Å². The summed E-state index contributed by atoms with van der Waals surface area (Å²) in [6.07, 6.45) is 9.51. The summed E-state index contributed by atoms with van der Waals surface area (Å²) in [5.41, 5.74) is 1.00. The average Bonchev–Trinajstić information content (AvgIpc) is 2.48. The Hall–Kier alpha value is -0.710. The molecule has 0 spiro atoms. The quantitative estimate of drug-likeness (QED) is 0.451. The van der Waals surface area contributed by atoms with Gasteiger partial charge in [0.25, 0.3) is 0 Å². The van der Waals surface area contributed by atoms with Crippen LogP contribution in [0.4, 0.5) is 0 Å². The summed E-state index contributed by atoms with van der Waals surface area (Å²) < 4.78 is 0. The molecule has 0 radical (unpaired) electrons. The fourth-order valence-corrected chi connectivity index (χ4v) is 2.34. The summed E-state index contributed by atoms with van der Waals surface area (Å²) >= 11 is 13.3. The van der Waals surface area contributed by atoms with Crippen molar-refractivity contribution in [3.8, 4) is 0 Å². The molecule has 0 fully saturated rings. The third-order valence-electron chi connectivity index (χ3n) is 2.71. The number of hydrogen-bond acceptors (Lipinski definition) is 3. The van der Waals surface area contributed by atoms with Gasteiger partial charge in [-0.15, -0.1) is 13.2 Å². The van der Waals surface area contributed by atoms with Gasteiger partial charge in [-0.25, -0.2) is 0 Å². The minimum Gasteiger partial charge on any atom is -0.302 e. The molecular formula is C16H22Cl2N2S. The van der Waals surface area contributed by atoms with Crippen molar-refractivity contribution in [2.24, 2.45) is 11.1 Å². The highest BCUT2D eigenvalue weighted by Crippen LogP contribution is 2.20. The van der Waals surface area contributed by atoms with Gasteiger partial charge in [-0.1, -0.05) is 60.0 Å². The van der Waals surface area contributed by atoms with E-state index in [0.29, 0.717) is 10.1 Å². The number of halogens is 2. The molecule has 0 saturated heterocycles. The Labute approximate surface area is 142 Å². The highest BCUT2D eigenvalue weighted by Gasteiger charge is 2.11. The predicted molar refractivity (Wildman–Crippen MR) is 99.3 cm³/mol. The zero-order valence-corrected chi connectivity index (χ0v) is 14.6. The molecule has 0 aromatic heterocycles. The van der Waals surface area contributed by atoms with Crippen LogP contribution in [0.15, 0.2) is 71.2 Å². The zero-order valence-electron chi connectivity index (χ0n) is 12.3. The molecule has 2 N–H and O–H groups in total. The first-order valence-corrected chi connectivity index (χ1v) is 8.03. The van der Waals surface area contributed by atoms with Gasteiger partial charge < -0.3 is 4.90 Å². The van der Waals surface area contributed by atoms with E-state index >= 15 is 0 Å². The molecule has 1 heterocycles. The maximum atomic E-state index is 6.09. The number of rotatable bonds is 3. The predicted octanol–water partition coefficient (Wildman–Crippen LogP) is 4.83. The summed E-state index contributed by atoms with van der Waals surface area (Å²) in [6, 6.07) is 0. The van der Waals surface area contributed by atoms with Gasteiger partial charge in [-0.3, -0.25) is 5.14 Å². The second kappa shape index (κ2) is 11.9. The van der Waals surface area contributed by atoms with E-state index in [9.17, 15) is 0 Å². The summed E-state index contributed by atoms with van der Waals surface area (Å²) in [5, 5.41) is 8.47. The lowest BCUT2D eigenvalue weighted by molar-refractivity contribution is 0.347. The molecule has 0 aliphatic carbocycles. The molecule has 0 aromatic carbocycles. The Morgan fingerprint density at radius 2 is 2.10 bits per heavy atom. The van der Waals surface area contributed by atoms with Crippen LogP contribution in [0.25, 0.3) is 0 Å². The van der Waals surface area contributed by atoms with Gasteiger partial charge in [-0.05, 0) is 30.2 Å². The average molecular weight is 345 g/mol. The van der Waals surface area contributed by atoms with Gasteiger partial charge in [0.2, 0.25) is 0 Å². The second-order valence-electron chi connectivity index (χ2n) is 4.32. The lowest BCUT2D eigenvalue weighted by atomic mass is 9.99. The Bertz CT molecular complexity index is 453. The standard InChI is InChI=1S/C14H18Cl2N2S.C2H4/c1-11(6-8-19-17)12-3-4-13(15)9-14(16)5-7-18(2)10-12;1-2/h3-6,8-9,12H,1,7,10,17H2,2H3;1-2H2/b4-3+,8-6+,13-9+,14-5-;. The smallest absolute Gasteiger partial charge is 0.0417 e. The zero-order chi connectivity index (χ0) is 16.3. The van der Waals surface area contributed by atoms with Crippen molar-refractivity contribution < 1.29 is 0 Å². The number of hydrogen-bond donors (Lipinski definition) is 1. The number of nitrogens with zero attached hydrogens (tertiary/aromatic N) is 1. The highest BCUT2D eigenvalue weighted by atomic mass is 35.5. The first-order chi connectivity index (χ1) is 10.0. The van der Waals surface area contributed by atoms with Gasteiger partial charge >= 0.3 is 0 Å². The molecule has 2 nitrogen and oxygen atoms in total. The van der Waals surface area contributed by atoms with Crippen LogP contribution >= 0.6 is 35.1 Å². The van der Waals surface area contributed by atoms with Crippen LogP contribution in [0.5, 0.6) is 0 Å². The van der Waals surface area contributed by atoms with Gasteiger partial charge in [0, 0.05) is 29.1 Å². The van der Waals surface area contributed by atoms with Crippen molar-refractivity contribution in [3.63, 3.8) is 0 Å². The monoisotopic (exact) mass is 344 g/mol. The molecule has 0 aromatic rings. The van der Waals surface area contributed by atoms with E-state index in [0.717, 1.165) is 18.7 Å². The molecule has 0 amide bonds. The van der Waals surface area contributed by atoms with E-state index in [4.69, 9.17) is 28.3 Å². The molecule has 5 heteroatoms. The second-order valence-corrected chi connectivity index (χ2v) is 5.74. The molecule has 1 unspecified atom stereocenters. The van der Waals surface area contributed by atoms with Crippen LogP contribution in [0.1, 0.15) is 0 Å². The van der Waals surface area contributed by atoms with E-state index < -0.39 is 0 Å². The third-order valence-corrected chi connectivity index (χ3v) is 3.50. The lowest BCUT2D eigenvalue weighted by Crippen LogP contribution is -2.26. The van der Waals surface area contributed by atoms with Crippen molar-refractivity contribution in [1.82, 2.24) is 4.90 Å². The number of nitrogens with two attached hydrogens (primary N) is 1. The minimum absolute atomic E-state index is 0.195. The van der Waals surface area contributed by atoms with Crippen LogP contribution in [0.2, 0.25) is 0 Å². The van der Waals surface area contributed by atoms with Gasteiger partial charge in [-0.2, -0.15) is 0 Å². The van der Waals surface area contributed by atoms with Crippen molar-refractivity contribution in [2.45, 2.75) is 0 Å². The molecule has 1 aliphatic rings. The van der Waals surface area contributed by atoms with Crippen LogP contribution in [0, 0.1) is 5.92 Å². The largest absolute Gasteiger partial charge is 0.302 e. The van der Waals surface area contributed by atoms with Gasteiger partial charge in [0.1, 0.15) is 0 Å². The van der Waals surface area contributed by atoms with Gasteiger partial charge in [0.05, 0.1) is 0 Å². The van der Waals surface area contributed by atoms with Crippen LogP contribution in [-0.2, 0) is 0 Å². The van der Waals surface area contributed by atoms with Crippen molar-refractivity contribution in [2.75, 3.05) is 20.1 Å². The number of likely N-dealkylation sites (N-methyl/N-ethyl adjacent to an activating group) is 1. The first kappa shape index (κ1) is 20.3. The summed E-state index contributed by atoms with van der Waals surface area (Å²) in [6.45, 7) is 11.7. The molecule has 0 bridgehead atoms. The van der Waals surface area contributed by atoms with E-state index in [1.807, 2.05) is 36.8 Å². The Balaban J connectivity index is 0.00000191. The summed E-state index contributed by atoms with van der Waals surface area (Å²) in [5.74, 6) is 0.195. The molecule has 116 valence electrons.